The van der Waals surface area contributed by atoms with Gasteiger partial charge in [-0.2, -0.15) is 9.97 Å². The highest BCUT2D eigenvalue weighted by Crippen LogP contribution is 2.27. The van der Waals surface area contributed by atoms with E-state index in [1.807, 2.05) is 0 Å². The average molecular weight is 512 g/mol. The molecule has 0 aliphatic carbocycles. The molecular weight excluding hydrogens is 467 g/mol. The molecule has 0 unspecified atom stereocenters. The molecule has 0 amide bonds. The molecule has 8 heteroatoms. The Labute approximate surface area is 216 Å². The summed E-state index contributed by atoms with van der Waals surface area (Å²) >= 11 is 12.5. The van der Waals surface area contributed by atoms with E-state index in [-0.39, 0.29) is 10.6 Å². The number of hydrogen-bond acceptors (Lipinski definition) is 6. The van der Waals surface area contributed by atoms with Gasteiger partial charge in [-0.25, -0.2) is 9.97 Å². The third-order valence-electron chi connectivity index (χ3n) is 6.13. The smallest absolute Gasteiger partial charge is 0.225 e. The van der Waals surface area contributed by atoms with Gasteiger partial charge in [0.15, 0.2) is 11.6 Å². The van der Waals surface area contributed by atoms with Crippen molar-refractivity contribution in [2.45, 2.75) is 117 Å². The van der Waals surface area contributed by atoms with E-state index in [0.29, 0.717) is 22.7 Å². The van der Waals surface area contributed by atoms with Gasteiger partial charge >= 0.3 is 0 Å². The van der Waals surface area contributed by atoms with Crippen LogP contribution in [-0.2, 0) is 0 Å². The van der Waals surface area contributed by atoms with Crippen molar-refractivity contribution in [3.05, 3.63) is 10.6 Å². The largest absolute Gasteiger partial charge is 0.368 e. The summed E-state index contributed by atoms with van der Waals surface area (Å²) in [7, 11) is 0. The maximum atomic E-state index is 6.23. The highest BCUT2D eigenvalue weighted by atomic mass is 35.5. The topological polar surface area (TPSA) is 75.6 Å². The van der Waals surface area contributed by atoms with E-state index in [0.717, 1.165) is 25.9 Å². The Hall–Kier alpha value is -1.40. The van der Waals surface area contributed by atoms with Crippen molar-refractivity contribution in [3.8, 4) is 0 Å². The molecule has 0 aromatic carbocycles. The first-order valence-electron chi connectivity index (χ1n) is 13.5. The lowest BCUT2D eigenvalue weighted by atomic mass is 10.1. The fourth-order valence-corrected chi connectivity index (χ4v) is 4.48. The zero-order valence-electron chi connectivity index (χ0n) is 21.3. The fraction of sp³-hybridized carbons (Fsp3) is 0.769. The third kappa shape index (κ3) is 11.4. The number of nitrogens with zero attached hydrogens (tertiary/aromatic N) is 4. The van der Waals surface area contributed by atoms with Gasteiger partial charge in [0, 0.05) is 13.1 Å². The van der Waals surface area contributed by atoms with Gasteiger partial charge < -0.3 is 10.6 Å². The summed E-state index contributed by atoms with van der Waals surface area (Å²) in [5.41, 5.74) is 1.22. The average Bonchev–Trinajstić information content (AvgIpc) is 2.82. The Morgan fingerprint density at radius 3 is 1.15 bits per heavy atom. The SMILES string of the molecule is CCCCCCCCCCCCNc1nc(Cl)nc2c(NCCCCCCCC)nc(Cl)nc12. The van der Waals surface area contributed by atoms with Crippen LogP contribution in [0.4, 0.5) is 11.6 Å². The van der Waals surface area contributed by atoms with Crippen molar-refractivity contribution in [1.29, 1.82) is 0 Å². The van der Waals surface area contributed by atoms with Crippen molar-refractivity contribution in [3.63, 3.8) is 0 Å². The predicted octanol–water partition coefficient (Wildman–Crippen LogP) is 8.83. The minimum absolute atomic E-state index is 0.186. The summed E-state index contributed by atoms with van der Waals surface area (Å²) in [5.74, 6) is 1.24. The van der Waals surface area contributed by atoms with Gasteiger partial charge in [-0.1, -0.05) is 104 Å². The Morgan fingerprint density at radius 2 is 0.794 bits per heavy atom. The third-order valence-corrected chi connectivity index (χ3v) is 6.47. The first kappa shape index (κ1) is 28.8. The molecule has 2 aromatic rings. The molecule has 0 radical (unpaired) electrons. The first-order valence-corrected chi connectivity index (χ1v) is 14.3. The molecule has 0 bridgehead atoms. The molecule has 6 nitrogen and oxygen atoms in total. The summed E-state index contributed by atoms with van der Waals surface area (Å²) in [6.45, 7) is 6.14. The van der Waals surface area contributed by atoms with Crippen LogP contribution in [0.1, 0.15) is 117 Å². The fourth-order valence-electron chi connectivity index (χ4n) is 4.14. The van der Waals surface area contributed by atoms with E-state index >= 15 is 0 Å². The van der Waals surface area contributed by atoms with Gasteiger partial charge in [-0.05, 0) is 36.0 Å². The lowest BCUT2D eigenvalue weighted by Gasteiger charge is -2.12. The van der Waals surface area contributed by atoms with Gasteiger partial charge in [-0.3, -0.25) is 0 Å². The molecule has 0 saturated carbocycles. The van der Waals surface area contributed by atoms with Gasteiger partial charge in [0.2, 0.25) is 10.6 Å². The Morgan fingerprint density at radius 1 is 0.471 bits per heavy atom. The minimum atomic E-state index is 0.186. The molecule has 2 N–H and O–H groups in total. The number of unbranched alkanes of at least 4 members (excludes halogenated alkanes) is 14. The van der Waals surface area contributed by atoms with Gasteiger partial charge in [0.25, 0.3) is 0 Å². The highest BCUT2D eigenvalue weighted by molar-refractivity contribution is 6.30. The maximum absolute atomic E-state index is 6.23. The van der Waals surface area contributed by atoms with Gasteiger partial charge in [-0.15, -0.1) is 0 Å². The summed E-state index contributed by atoms with van der Waals surface area (Å²) in [5, 5.41) is 7.14. The van der Waals surface area contributed by atoms with Gasteiger partial charge in [0.05, 0.1) is 0 Å². The van der Waals surface area contributed by atoms with E-state index in [1.54, 1.807) is 0 Å². The van der Waals surface area contributed by atoms with Crippen LogP contribution in [0.15, 0.2) is 0 Å². The number of halogens is 2. The monoisotopic (exact) mass is 510 g/mol. The van der Waals surface area contributed by atoms with Crippen molar-refractivity contribution < 1.29 is 0 Å². The van der Waals surface area contributed by atoms with Crippen molar-refractivity contribution in [2.75, 3.05) is 23.7 Å². The zero-order valence-corrected chi connectivity index (χ0v) is 22.8. The number of anilines is 2. The van der Waals surface area contributed by atoms with Crippen LogP contribution in [0.3, 0.4) is 0 Å². The van der Waals surface area contributed by atoms with Crippen LogP contribution in [0.2, 0.25) is 10.6 Å². The van der Waals surface area contributed by atoms with Crippen LogP contribution in [-0.4, -0.2) is 33.0 Å². The lowest BCUT2D eigenvalue weighted by Crippen LogP contribution is -2.09. The van der Waals surface area contributed by atoms with E-state index in [2.05, 4.69) is 44.4 Å². The molecule has 2 aromatic heterocycles. The molecule has 0 spiro atoms. The van der Waals surface area contributed by atoms with E-state index in [4.69, 9.17) is 23.2 Å². The standard InChI is InChI=1S/C26H44Cl2N6/c1-3-5-7-9-11-12-13-14-16-18-20-30-24-22-21(31-26(28)34-24)23(33-25(27)32-22)29-19-17-15-10-8-6-4-2/h3-20H2,1-2H3,(H,29,32,33)(H,30,31,34). The van der Waals surface area contributed by atoms with Crippen LogP contribution in [0, 0.1) is 0 Å². The molecular formula is C26H44Cl2N6. The second-order valence-corrected chi connectivity index (χ2v) is 9.86. The molecule has 0 aliphatic rings. The first-order chi connectivity index (χ1) is 16.7. The van der Waals surface area contributed by atoms with E-state index in [1.165, 1.54) is 89.9 Å². The van der Waals surface area contributed by atoms with Crippen molar-refractivity contribution in [1.82, 2.24) is 19.9 Å². The zero-order chi connectivity index (χ0) is 24.4. The van der Waals surface area contributed by atoms with E-state index < -0.39 is 0 Å². The summed E-state index contributed by atoms with van der Waals surface area (Å²) in [6.07, 6.45) is 20.5. The highest BCUT2D eigenvalue weighted by Gasteiger charge is 2.14. The number of hydrogen-bond donors (Lipinski definition) is 2. The molecule has 2 rings (SSSR count). The normalized spacial score (nSPS) is 11.3. The maximum Gasteiger partial charge on any atom is 0.225 e. The van der Waals surface area contributed by atoms with Crippen LogP contribution >= 0.6 is 23.2 Å². The predicted molar refractivity (Wildman–Crippen MR) is 147 cm³/mol. The number of rotatable bonds is 20. The van der Waals surface area contributed by atoms with Crippen LogP contribution in [0.5, 0.6) is 0 Å². The summed E-state index contributed by atoms with van der Waals surface area (Å²) in [6, 6.07) is 0. The van der Waals surface area contributed by atoms with Gasteiger partial charge in [0.1, 0.15) is 11.0 Å². The molecule has 34 heavy (non-hydrogen) atoms. The minimum Gasteiger partial charge on any atom is -0.368 e. The van der Waals surface area contributed by atoms with E-state index in [9.17, 15) is 0 Å². The van der Waals surface area contributed by atoms with Crippen molar-refractivity contribution >= 4 is 45.9 Å². The molecule has 0 aliphatic heterocycles. The van der Waals surface area contributed by atoms with Crippen LogP contribution < -0.4 is 10.6 Å². The lowest BCUT2D eigenvalue weighted by molar-refractivity contribution is 0.560. The molecule has 2 heterocycles. The second kappa shape index (κ2) is 18.0. The summed E-state index contributed by atoms with van der Waals surface area (Å²) in [4.78, 5) is 17.5. The Kier molecular flexibility index (Phi) is 15.2. The molecule has 192 valence electrons. The molecule has 0 saturated heterocycles. The molecule has 0 atom stereocenters. The van der Waals surface area contributed by atoms with Crippen molar-refractivity contribution in [2.24, 2.45) is 0 Å². The quantitative estimate of drug-likeness (QED) is 0.137. The Balaban J connectivity index is 1.80. The van der Waals surface area contributed by atoms with Crippen LogP contribution in [0.25, 0.3) is 11.0 Å². The number of nitrogens with one attached hydrogen (secondary N) is 2. The second-order valence-electron chi connectivity index (χ2n) is 9.18. The number of fused-ring (bicyclic) bond motifs is 1. The summed E-state index contributed by atoms with van der Waals surface area (Å²) < 4.78 is 0. The Bertz CT molecular complexity index is 817. The number of aromatic nitrogens is 4. The molecule has 0 fully saturated rings.